The highest BCUT2D eigenvalue weighted by molar-refractivity contribution is 6.01. The van der Waals surface area contributed by atoms with Crippen molar-refractivity contribution in [2.75, 3.05) is 5.73 Å². The van der Waals surface area contributed by atoms with E-state index in [4.69, 9.17) is 5.73 Å². The summed E-state index contributed by atoms with van der Waals surface area (Å²) in [4.78, 5) is 17.0. The van der Waals surface area contributed by atoms with Gasteiger partial charge in [-0.15, -0.1) is 5.10 Å². The third kappa shape index (κ3) is 3.99. The SMILES string of the molecule is CC[C@H](C)NC(=O)c1cc(-c2cnn(C3CCC(F)(F)CC3)c2)cn2nc(N)nc12. The van der Waals surface area contributed by atoms with Gasteiger partial charge >= 0.3 is 0 Å². The van der Waals surface area contributed by atoms with Gasteiger partial charge in [-0.3, -0.25) is 9.48 Å². The van der Waals surface area contributed by atoms with E-state index in [9.17, 15) is 13.6 Å². The Kier molecular flexibility index (Phi) is 5.17. The second-order valence-corrected chi connectivity index (χ2v) is 7.96. The highest BCUT2D eigenvalue weighted by atomic mass is 19.3. The van der Waals surface area contributed by atoms with Gasteiger partial charge in [-0.05, 0) is 32.3 Å². The standard InChI is InChI=1S/C20H25F2N7O/c1-3-12(2)25-18(30)16-8-13(10-29-17(16)26-19(23)27-29)14-9-24-28(11-14)15-4-6-20(21,22)7-5-15/h8-12,15H,3-7H2,1-2H3,(H2,23,27)(H,25,30)/t12-/m0/s1. The molecule has 1 amide bonds. The van der Waals surface area contributed by atoms with Gasteiger partial charge in [-0.25, -0.2) is 13.3 Å². The Hall–Kier alpha value is -3.04. The monoisotopic (exact) mass is 417 g/mol. The van der Waals surface area contributed by atoms with Crippen molar-refractivity contribution in [3.05, 3.63) is 30.2 Å². The van der Waals surface area contributed by atoms with Gasteiger partial charge in [0.1, 0.15) is 0 Å². The first-order chi connectivity index (χ1) is 14.3. The van der Waals surface area contributed by atoms with Gasteiger partial charge in [0.2, 0.25) is 11.9 Å². The molecule has 1 atom stereocenters. The summed E-state index contributed by atoms with van der Waals surface area (Å²) in [6, 6.07) is 1.68. The zero-order valence-corrected chi connectivity index (χ0v) is 17.0. The predicted octanol–water partition coefficient (Wildman–Crippen LogP) is 3.45. The Morgan fingerprint density at radius 3 is 2.77 bits per heavy atom. The smallest absolute Gasteiger partial charge is 0.255 e. The molecular weight excluding hydrogens is 392 g/mol. The molecule has 0 bridgehead atoms. The summed E-state index contributed by atoms with van der Waals surface area (Å²) in [5, 5.41) is 11.5. The number of halogens is 2. The number of nitrogen functional groups attached to an aromatic ring is 1. The second-order valence-electron chi connectivity index (χ2n) is 7.96. The number of carbonyl (C=O) groups is 1. The summed E-state index contributed by atoms with van der Waals surface area (Å²) in [7, 11) is 0. The number of alkyl halides is 2. The molecule has 0 unspecified atom stereocenters. The van der Waals surface area contributed by atoms with E-state index < -0.39 is 5.92 Å². The molecular formula is C20H25F2N7O. The second kappa shape index (κ2) is 7.66. The largest absolute Gasteiger partial charge is 0.366 e. The van der Waals surface area contributed by atoms with Crippen molar-refractivity contribution in [3.8, 4) is 11.1 Å². The van der Waals surface area contributed by atoms with Crippen LogP contribution in [-0.2, 0) is 0 Å². The van der Waals surface area contributed by atoms with Crippen molar-refractivity contribution in [3.63, 3.8) is 0 Å². The van der Waals surface area contributed by atoms with Gasteiger partial charge in [0, 0.05) is 42.4 Å². The van der Waals surface area contributed by atoms with Crippen LogP contribution < -0.4 is 11.1 Å². The molecule has 0 aliphatic heterocycles. The molecule has 3 N–H and O–H groups in total. The fraction of sp³-hybridized carbons (Fsp3) is 0.500. The van der Waals surface area contributed by atoms with Gasteiger partial charge in [-0.1, -0.05) is 6.92 Å². The normalized spacial score (nSPS) is 17.9. The van der Waals surface area contributed by atoms with Crippen molar-refractivity contribution in [2.45, 2.75) is 64.0 Å². The minimum Gasteiger partial charge on any atom is -0.366 e. The maximum atomic E-state index is 13.5. The van der Waals surface area contributed by atoms with Crippen LogP contribution in [0.4, 0.5) is 14.7 Å². The Bertz CT molecular complexity index is 1060. The molecule has 30 heavy (non-hydrogen) atoms. The van der Waals surface area contributed by atoms with Gasteiger partial charge in [0.25, 0.3) is 5.91 Å². The van der Waals surface area contributed by atoms with Crippen LogP contribution in [0.15, 0.2) is 24.7 Å². The summed E-state index contributed by atoms with van der Waals surface area (Å²) in [5.74, 6) is -2.77. The number of nitrogens with two attached hydrogens (primary N) is 1. The zero-order chi connectivity index (χ0) is 21.5. The highest BCUT2D eigenvalue weighted by Crippen LogP contribution is 2.38. The van der Waals surface area contributed by atoms with Gasteiger partial charge < -0.3 is 11.1 Å². The van der Waals surface area contributed by atoms with Gasteiger partial charge in [0.05, 0.1) is 17.8 Å². The van der Waals surface area contributed by atoms with Crippen molar-refractivity contribution < 1.29 is 13.6 Å². The number of amides is 1. The number of aromatic nitrogens is 5. The average Bonchev–Trinajstić information content (AvgIpc) is 3.32. The highest BCUT2D eigenvalue weighted by Gasteiger charge is 2.35. The minimum atomic E-state index is -2.58. The molecule has 8 nitrogen and oxygen atoms in total. The molecule has 1 aliphatic rings. The molecule has 0 radical (unpaired) electrons. The molecule has 0 aromatic carbocycles. The number of hydrogen-bond donors (Lipinski definition) is 2. The van der Waals surface area contributed by atoms with E-state index in [1.807, 2.05) is 20.0 Å². The van der Waals surface area contributed by atoms with Crippen LogP contribution in [0.3, 0.4) is 0 Å². The lowest BCUT2D eigenvalue weighted by Crippen LogP contribution is -2.32. The molecule has 1 aliphatic carbocycles. The van der Waals surface area contributed by atoms with Crippen molar-refractivity contribution >= 4 is 17.5 Å². The third-order valence-electron chi connectivity index (χ3n) is 5.68. The molecule has 160 valence electrons. The maximum absolute atomic E-state index is 13.5. The number of nitrogens with one attached hydrogen (secondary N) is 1. The minimum absolute atomic E-state index is 0.00801. The first-order valence-corrected chi connectivity index (χ1v) is 10.1. The number of fused-ring (bicyclic) bond motifs is 1. The quantitative estimate of drug-likeness (QED) is 0.662. The number of anilines is 1. The zero-order valence-electron chi connectivity index (χ0n) is 17.0. The summed E-state index contributed by atoms with van der Waals surface area (Å²) < 4.78 is 30.1. The van der Waals surface area contributed by atoms with E-state index >= 15 is 0 Å². The van der Waals surface area contributed by atoms with E-state index in [0.29, 0.717) is 29.6 Å². The molecule has 0 spiro atoms. The van der Waals surface area contributed by atoms with Crippen LogP contribution in [0.5, 0.6) is 0 Å². The van der Waals surface area contributed by atoms with E-state index in [0.717, 1.165) is 12.0 Å². The number of nitrogens with zero attached hydrogens (tertiary/aromatic N) is 5. The number of carbonyl (C=O) groups excluding carboxylic acids is 1. The first kappa shape index (κ1) is 20.2. The van der Waals surface area contributed by atoms with Crippen molar-refractivity contribution in [1.82, 2.24) is 29.7 Å². The average molecular weight is 417 g/mol. The predicted molar refractivity (Wildman–Crippen MR) is 108 cm³/mol. The van der Waals surface area contributed by atoms with Crippen LogP contribution in [0.25, 0.3) is 16.8 Å². The molecule has 1 saturated carbocycles. The van der Waals surface area contributed by atoms with E-state index in [-0.39, 0.29) is 36.8 Å². The Labute approximate surface area is 172 Å². The Morgan fingerprint density at radius 2 is 2.07 bits per heavy atom. The van der Waals surface area contributed by atoms with Crippen molar-refractivity contribution in [1.29, 1.82) is 0 Å². The van der Waals surface area contributed by atoms with Crippen LogP contribution in [0.1, 0.15) is 62.4 Å². The summed E-state index contributed by atoms with van der Waals surface area (Å²) in [5.41, 5.74) is 7.97. The van der Waals surface area contributed by atoms with E-state index in [1.165, 1.54) is 4.52 Å². The summed E-state index contributed by atoms with van der Waals surface area (Å²) in [6.07, 6.45) is 6.54. The molecule has 3 aromatic rings. The first-order valence-electron chi connectivity index (χ1n) is 10.1. The molecule has 0 saturated heterocycles. The van der Waals surface area contributed by atoms with Gasteiger partial charge in [-0.2, -0.15) is 10.1 Å². The lowest BCUT2D eigenvalue weighted by Gasteiger charge is -2.28. The maximum Gasteiger partial charge on any atom is 0.255 e. The molecule has 3 heterocycles. The van der Waals surface area contributed by atoms with Crippen LogP contribution >= 0.6 is 0 Å². The fourth-order valence-electron chi connectivity index (χ4n) is 3.71. The lowest BCUT2D eigenvalue weighted by atomic mass is 9.92. The van der Waals surface area contributed by atoms with Crippen LogP contribution in [-0.4, -0.2) is 42.3 Å². The molecule has 10 heteroatoms. The molecule has 4 rings (SSSR count). The Balaban J connectivity index is 1.66. The Morgan fingerprint density at radius 1 is 1.33 bits per heavy atom. The fourth-order valence-corrected chi connectivity index (χ4v) is 3.71. The third-order valence-corrected chi connectivity index (χ3v) is 5.68. The molecule has 1 fully saturated rings. The van der Waals surface area contributed by atoms with Crippen molar-refractivity contribution in [2.24, 2.45) is 0 Å². The van der Waals surface area contributed by atoms with Gasteiger partial charge in [0.15, 0.2) is 5.65 Å². The number of hydrogen-bond acceptors (Lipinski definition) is 5. The summed E-state index contributed by atoms with van der Waals surface area (Å²) >= 11 is 0. The topological polar surface area (TPSA) is 103 Å². The molecule has 3 aromatic heterocycles. The lowest BCUT2D eigenvalue weighted by molar-refractivity contribution is -0.0449. The number of rotatable bonds is 5. The van der Waals surface area contributed by atoms with Crippen LogP contribution in [0.2, 0.25) is 0 Å². The number of pyridine rings is 1. The van der Waals surface area contributed by atoms with Crippen LogP contribution in [0, 0.1) is 0 Å². The summed E-state index contributed by atoms with van der Waals surface area (Å²) in [6.45, 7) is 3.91. The van der Waals surface area contributed by atoms with E-state index in [1.54, 1.807) is 23.1 Å². The van der Waals surface area contributed by atoms with E-state index in [2.05, 4.69) is 20.5 Å².